The number of aliphatic hydroxyl groups is 1. The highest BCUT2D eigenvalue weighted by atomic mass is 16.3. The van der Waals surface area contributed by atoms with E-state index in [0.29, 0.717) is 5.82 Å². The maximum atomic E-state index is 9.68. The fourth-order valence-corrected chi connectivity index (χ4v) is 1.48. The molecule has 1 aliphatic heterocycles. The van der Waals surface area contributed by atoms with Gasteiger partial charge < -0.3 is 10.4 Å². The van der Waals surface area contributed by atoms with Crippen molar-refractivity contribution in [1.29, 1.82) is 0 Å². The summed E-state index contributed by atoms with van der Waals surface area (Å²) in [4.78, 5) is 0. The lowest BCUT2D eigenvalue weighted by atomic mass is 10.0. The van der Waals surface area contributed by atoms with E-state index in [9.17, 15) is 5.11 Å². The topological polar surface area (TPSA) is 75.9 Å². The molecular weight excluding hydrogens is 158 g/mol. The zero-order chi connectivity index (χ0) is 8.55. The van der Waals surface area contributed by atoms with Crippen molar-refractivity contribution in [2.24, 2.45) is 0 Å². The van der Waals surface area contributed by atoms with Gasteiger partial charge in [-0.05, 0) is 23.9 Å². The van der Waals surface area contributed by atoms with E-state index < -0.39 is 6.10 Å². The second kappa shape index (κ2) is 2.80. The Labute approximate surface area is 69.6 Å². The number of rotatable bonds is 1. The summed E-state index contributed by atoms with van der Waals surface area (Å²) in [7, 11) is 1.83. The molecule has 2 atom stereocenters. The lowest BCUT2D eigenvalue weighted by Gasteiger charge is -2.25. The van der Waals surface area contributed by atoms with Gasteiger partial charge in [-0.3, -0.25) is 0 Å². The van der Waals surface area contributed by atoms with Crippen molar-refractivity contribution < 1.29 is 5.11 Å². The minimum atomic E-state index is -0.584. The number of nitrogens with one attached hydrogen (secondary N) is 1. The minimum Gasteiger partial charge on any atom is -0.383 e. The highest BCUT2D eigenvalue weighted by Gasteiger charge is 2.29. The van der Waals surface area contributed by atoms with E-state index in [1.807, 2.05) is 7.05 Å². The van der Waals surface area contributed by atoms with Gasteiger partial charge in [0, 0.05) is 12.6 Å². The Hall–Kier alpha value is -1.01. The molecule has 2 unspecified atom stereocenters. The highest BCUT2D eigenvalue weighted by Crippen LogP contribution is 2.21. The first kappa shape index (κ1) is 7.63. The molecule has 0 bridgehead atoms. The molecule has 2 heterocycles. The van der Waals surface area contributed by atoms with Crippen molar-refractivity contribution in [3.8, 4) is 0 Å². The Balaban J connectivity index is 2.29. The second-order valence-corrected chi connectivity index (χ2v) is 2.89. The van der Waals surface area contributed by atoms with E-state index in [1.165, 1.54) is 0 Å². The number of aromatic nitrogens is 4. The zero-order valence-corrected chi connectivity index (χ0v) is 6.80. The van der Waals surface area contributed by atoms with Crippen LogP contribution in [0.2, 0.25) is 0 Å². The van der Waals surface area contributed by atoms with E-state index in [2.05, 4.69) is 20.8 Å². The van der Waals surface area contributed by atoms with Gasteiger partial charge in [-0.1, -0.05) is 0 Å². The lowest BCUT2D eigenvalue weighted by Crippen LogP contribution is -2.38. The Morgan fingerprint density at radius 2 is 2.50 bits per heavy atom. The summed E-state index contributed by atoms with van der Waals surface area (Å²) < 4.78 is 1.64. The van der Waals surface area contributed by atoms with E-state index in [-0.39, 0.29) is 6.04 Å². The maximum absolute atomic E-state index is 9.68. The molecule has 6 nitrogen and oxygen atoms in total. The minimum absolute atomic E-state index is 0.0727. The Kier molecular flexibility index (Phi) is 1.78. The van der Waals surface area contributed by atoms with Crippen molar-refractivity contribution in [3.63, 3.8) is 0 Å². The van der Waals surface area contributed by atoms with E-state index in [0.717, 1.165) is 13.0 Å². The monoisotopic (exact) mass is 169 g/mol. The molecule has 1 aliphatic rings. The van der Waals surface area contributed by atoms with Crippen molar-refractivity contribution in [2.75, 3.05) is 7.05 Å². The summed E-state index contributed by atoms with van der Waals surface area (Å²) in [5.41, 5.74) is 0. The van der Waals surface area contributed by atoms with Gasteiger partial charge in [-0.2, -0.15) is 0 Å². The van der Waals surface area contributed by atoms with Gasteiger partial charge in [0.15, 0.2) is 5.82 Å². The molecule has 6 heteroatoms. The van der Waals surface area contributed by atoms with Crippen LogP contribution in [0.1, 0.15) is 18.3 Å². The Bertz CT molecular complexity index is 273. The molecule has 2 rings (SSSR count). The van der Waals surface area contributed by atoms with Crippen LogP contribution in [0.4, 0.5) is 0 Å². The number of tetrazole rings is 1. The first-order chi connectivity index (χ1) is 5.83. The number of aliphatic hydroxyl groups excluding tert-OH is 1. The maximum Gasteiger partial charge on any atom is 0.181 e. The Morgan fingerprint density at radius 1 is 1.67 bits per heavy atom. The summed E-state index contributed by atoms with van der Waals surface area (Å²) in [6, 6.07) is 0.0727. The number of likely N-dealkylation sites (N-methyl/N-ethyl adjacent to an activating group) is 1. The SMILES string of the molecule is CNC1CCn2nnnc2C1O. The van der Waals surface area contributed by atoms with Gasteiger partial charge in [-0.15, -0.1) is 5.10 Å². The number of aryl methyl sites for hydroxylation is 1. The zero-order valence-electron chi connectivity index (χ0n) is 6.80. The number of nitrogens with zero attached hydrogens (tertiary/aromatic N) is 4. The molecule has 0 aliphatic carbocycles. The van der Waals surface area contributed by atoms with Crippen molar-refractivity contribution in [3.05, 3.63) is 5.82 Å². The van der Waals surface area contributed by atoms with E-state index in [1.54, 1.807) is 4.68 Å². The standard InChI is InChI=1S/C6H11N5O/c1-7-4-2-3-11-6(5(4)12)8-9-10-11/h4-5,7,12H,2-3H2,1H3. The van der Waals surface area contributed by atoms with Crippen LogP contribution < -0.4 is 5.32 Å². The van der Waals surface area contributed by atoms with E-state index >= 15 is 0 Å². The summed E-state index contributed by atoms with van der Waals surface area (Å²) in [5, 5.41) is 23.7. The number of hydrogen-bond acceptors (Lipinski definition) is 5. The van der Waals surface area contributed by atoms with Gasteiger partial charge in [0.2, 0.25) is 0 Å². The molecule has 12 heavy (non-hydrogen) atoms. The van der Waals surface area contributed by atoms with Crippen LogP contribution in [0, 0.1) is 0 Å². The van der Waals surface area contributed by atoms with Gasteiger partial charge in [0.25, 0.3) is 0 Å². The molecule has 66 valence electrons. The predicted molar refractivity (Wildman–Crippen MR) is 40.2 cm³/mol. The average Bonchev–Trinajstić information content (AvgIpc) is 2.53. The molecule has 0 aromatic carbocycles. The van der Waals surface area contributed by atoms with Crippen LogP contribution in [-0.4, -0.2) is 38.4 Å². The fourth-order valence-electron chi connectivity index (χ4n) is 1.48. The molecular formula is C6H11N5O. The molecule has 0 spiro atoms. The highest BCUT2D eigenvalue weighted by molar-refractivity contribution is 4.97. The van der Waals surface area contributed by atoms with Crippen LogP contribution in [0.5, 0.6) is 0 Å². The van der Waals surface area contributed by atoms with Crippen molar-refractivity contribution in [2.45, 2.75) is 25.1 Å². The third-order valence-electron chi connectivity index (χ3n) is 2.23. The summed E-state index contributed by atoms with van der Waals surface area (Å²) in [5.74, 6) is 0.556. The van der Waals surface area contributed by atoms with Crippen molar-refractivity contribution >= 4 is 0 Å². The molecule has 0 saturated heterocycles. The predicted octanol–water partition coefficient (Wildman–Crippen LogP) is -1.30. The first-order valence-corrected chi connectivity index (χ1v) is 3.94. The smallest absolute Gasteiger partial charge is 0.181 e. The summed E-state index contributed by atoms with van der Waals surface area (Å²) in [6.07, 6.45) is 0.272. The van der Waals surface area contributed by atoms with Crippen LogP contribution in [-0.2, 0) is 6.54 Å². The summed E-state index contributed by atoms with van der Waals surface area (Å²) in [6.45, 7) is 0.769. The third-order valence-corrected chi connectivity index (χ3v) is 2.23. The van der Waals surface area contributed by atoms with Crippen LogP contribution >= 0.6 is 0 Å². The van der Waals surface area contributed by atoms with Gasteiger partial charge in [-0.25, -0.2) is 4.68 Å². The molecule has 0 radical (unpaired) electrons. The normalized spacial score (nSPS) is 28.5. The van der Waals surface area contributed by atoms with Gasteiger partial charge >= 0.3 is 0 Å². The molecule has 2 N–H and O–H groups in total. The third kappa shape index (κ3) is 0.997. The largest absolute Gasteiger partial charge is 0.383 e. The average molecular weight is 169 g/mol. The van der Waals surface area contributed by atoms with Gasteiger partial charge in [0.1, 0.15) is 6.10 Å². The summed E-state index contributed by atoms with van der Waals surface area (Å²) >= 11 is 0. The Morgan fingerprint density at radius 3 is 3.25 bits per heavy atom. The van der Waals surface area contributed by atoms with E-state index in [4.69, 9.17) is 0 Å². The van der Waals surface area contributed by atoms with Crippen molar-refractivity contribution in [1.82, 2.24) is 25.5 Å². The molecule has 0 saturated carbocycles. The fraction of sp³-hybridized carbons (Fsp3) is 0.833. The molecule has 0 fully saturated rings. The van der Waals surface area contributed by atoms with Crippen LogP contribution in [0.25, 0.3) is 0 Å². The molecule has 0 amide bonds. The van der Waals surface area contributed by atoms with Gasteiger partial charge in [0.05, 0.1) is 0 Å². The number of fused-ring (bicyclic) bond motifs is 1. The number of hydrogen-bond donors (Lipinski definition) is 2. The van der Waals surface area contributed by atoms with Crippen LogP contribution in [0.3, 0.4) is 0 Å². The lowest BCUT2D eigenvalue weighted by molar-refractivity contribution is 0.0940. The molecule has 1 aromatic heterocycles. The quantitative estimate of drug-likeness (QED) is 0.546. The first-order valence-electron chi connectivity index (χ1n) is 3.94. The van der Waals surface area contributed by atoms with Crippen LogP contribution in [0.15, 0.2) is 0 Å². The second-order valence-electron chi connectivity index (χ2n) is 2.89. The molecule has 1 aromatic rings.